The van der Waals surface area contributed by atoms with Gasteiger partial charge in [-0.25, -0.2) is 0 Å². The van der Waals surface area contributed by atoms with Gasteiger partial charge in [0.2, 0.25) is 0 Å². The number of nitrogens with zero attached hydrogens (tertiary/aromatic N) is 1. The molecule has 0 fully saturated rings. The van der Waals surface area contributed by atoms with Crippen LogP contribution in [0.15, 0.2) is 0 Å². The van der Waals surface area contributed by atoms with Gasteiger partial charge in [-0.15, -0.1) is 0 Å². The first-order valence-corrected chi connectivity index (χ1v) is 2.89. The van der Waals surface area contributed by atoms with E-state index in [4.69, 9.17) is 5.26 Å². The van der Waals surface area contributed by atoms with Crippen LogP contribution < -0.4 is 0 Å². The number of halogens is 1. The zero-order valence-electron chi connectivity index (χ0n) is 3.61. The lowest BCUT2D eigenvalue weighted by Gasteiger charge is -1.85. The molecule has 0 spiro atoms. The Morgan fingerprint density at radius 1 is 2.00 bits per heavy atom. The average Bonchev–Trinajstić information content (AvgIpc) is 1.65. The standard InChI is InChI=1S/C4H6BrN/c1-4(2-5)3-6/h4H,2H2,1H3/t4-/m1/s1. The molecule has 0 aromatic carbocycles. The Bertz CT molecular complexity index is 64.4. The molecule has 0 aromatic heterocycles. The molecule has 2 heteroatoms. The first-order valence-electron chi connectivity index (χ1n) is 1.77. The van der Waals surface area contributed by atoms with Crippen molar-refractivity contribution in [2.45, 2.75) is 6.92 Å². The Balaban J connectivity index is 3.04. The van der Waals surface area contributed by atoms with Crippen molar-refractivity contribution in [1.82, 2.24) is 0 Å². The lowest BCUT2D eigenvalue weighted by atomic mass is 10.3. The van der Waals surface area contributed by atoms with E-state index < -0.39 is 0 Å². The largest absolute Gasteiger partial charge is 0.198 e. The molecule has 0 unspecified atom stereocenters. The average molecular weight is 148 g/mol. The Labute approximate surface area is 46.1 Å². The molecule has 0 heterocycles. The van der Waals surface area contributed by atoms with Crippen LogP contribution in [0.4, 0.5) is 0 Å². The molecule has 0 amide bonds. The summed E-state index contributed by atoms with van der Waals surface area (Å²) in [5.74, 6) is 0.157. The van der Waals surface area contributed by atoms with Crippen LogP contribution >= 0.6 is 15.9 Å². The lowest BCUT2D eigenvalue weighted by molar-refractivity contribution is 0.872. The SMILES string of the molecule is C[C@@H](C#N)CBr. The van der Waals surface area contributed by atoms with E-state index in [2.05, 4.69) is 22.0 Å². The quantitative estimate of drug-likeness (QED) is 0.517. The zero-order chi connectivity index (χ0) is 4.99. The summed E-state index contributed by atoms with van der Waals surface area (Å²) in [6.07, 6.45) is 0. The topological polar surface area (TPSA) is 23.8 Å². The fraction of sp³-hybridized carbons (Fsp3) is 0.750. The molecule has 0 saturated heterocycles. The molecule has 0 N–H and O–H groups in total. The highest BCUT2D eigenvalue weighted by atomic mass is 79.9. The van der Waals surface area contributed by atoms with Crippen molar-refractivity contribution >= 4 is 15.9 Å². The summed E-state index contributed by atoms with van der Waals surface area (Å²) in [5, 5.41) is 8.84. The Kier molecular flexibility index (Phi) is 3.16. The second-order valence-electron chi connectivity index (χ2n) is 1.18. The Morgan fingerprint density at radius 2 is 2.50 bits per heavy atom. The molecule has 1 nitrogen and oxygen atoms in total. The molecule has 6 heavy (non-hydrogen) atoms. The van der Waals surface area contributed by atoms with E-state index in [0.29, 0.717) is 0 Å². The highest BCUT2D eigenvalue weighted by Crippen LogP contribution is 1.94. The fourth-order valence-electron chi connectivity index (χ4n) is 0.0345. The summed E-state index contributed by atoms with van der Waals surface area (Å²) in [6, 6.07) is 2.07. The van der Waals surface area contributed by atoms with Crippen molar-refractivity contribution in [1.29, 1.82) is 5.26 Å². The first-order chi connectivity index (χ1) is 2.81. The number of nitriles is 1. The molecule has 0 aliphatic rings. The molecular weight excluding hydrogens is 142 g/mol. The molecule has 1 atom stereocenters. The minimum Gasteiger partial charge on any atom is -0.198 e. The monoisotopic (exact) mass is 147 g/mol. The second kappa shape index (κ2) is 3.17. The van der Waals surface area contributed by atoms with Gasteiger partial charge in [-0.2, -0.15) is 5.26 Å². The summed E-state index contributed by atoms with van der Waals surface area (Å²) in [4.78, 5) is 0. The third kappa shape index (κ3) is 2.22. The van der Waals surface area contributed by atoms with Gasteiger partial charge in [0.05, 0.1) is 12.0 Å². The van der Waals surface area contributed by atoms with E-state index >= 15 is 0 Å². The predicted octanol–water partition coefficient (Wildman–Crippen LogP) is 1.54. The van der Waals surface area contributed by atoms with E-state index in [-0.39, 0.29) is 5.92 Å². The molecular formula is C4H6BrN. The van der Waals surface area contributed by atoms with Crippen LogP contribution in [0.1, 0.15) is 6.92 Å². The molecule has 0 aliphatic carbocycles. The number of hydrogen-bond donors (Lipinski definition) is 0. The normalized spacial score (nSPS) is 12.8. The van der Waals surface area contributed by atoms with Crippen LogP contribution in [0.25, 0.3) is 0 Å². The van der Waals surface area contributed by atoms with Gasteiger partial charge >= 0.3 is 0 Å². The maximum atomic E-state index is 8.05. The smallest absolute Gasteiger partial charge is 0.0661 e. The van der Waals surface area contributed by atoms with Gasteiger partial charge in [-0.3, -0.25) is 0 Å². The fourth-order valence-corrected chi connectivity index (χ4v) is 0.179. The summed E-state index contributed by atoms with van der Waals surface area (Å²) in [6.45, 7) is 1.87. The maximum Gasteiger partial charge on any atom is 0.0661 e. The van der Waals surface area contributed by atoms with Crippen LogP contribution in [-0.4, -0.2) is 5.33 Å². The van der Waals surface area contributed by atoms with Gasteiger partial charge in [0.15, 0.2) is 0 Å². The minimum atomic E-state index is 0.157. The van der Waals surface area contributed by atoms with E-state index in [9.17, 15) is 0 Å². The summed E-state index contributed by atoms with van der Waals surface area (Å²) < 4.78 is 0. The predicted molar refractivity (Wildman–Crippen MR) is 28.6 cm³/mol. The molecule has 0 bridgehead atoms. The molecule has 0 radical (unpaired) electrons. The molecule has 0 rings (SSSR count). The Morgan fingerprint density at radius 3 is 2.50 bits per heavy atom. The van der Waals surface area contributed by atoms with Crippen molar-refractivity contribution in [3.05, 3.63) is 0 Å². The van der Waals surface area contributed by atoms with Crippen molar-refractivity contribution in [3.8, 4) is 6.07 Å². The maximum absolute atomic E-state index is 8.05. The van der Waals surface area contributed by atoms with E-state index in [1.165, 1.54) is 0 Å². The number of rotatable bonds is 1. The van der Waals surface area contributed by atoms with Crippen molar-refractivity contribution in [2.24, 2.45) is 5.92 Å². The van der Waals surface area contributed by atoms with Crippen molar-refractivity contribution in [2.75, 3.05) is 5.33 Å². The van der Waals surface area contributed by atoms with Crippen molar-refractivity contribution < 1.29 is 0 Å². The Hall–Kier alpha value is -0.0300. The third-order valence-electron chi connectivity index (χ3n) is 0.452. The summed E-state index contributed by atoms with van der Waals surface area (Å²) in [5.41, 5.74) is 0. The van der Waals surface area contributed by atoms with E-state index in [1.807, 2.05) is 6.92 Å². The molecule has 34 valence electrons. The molecule has 0 saturated carbocycles. The van der Waals surface area contributed by atoms with Crippen LogP contribution in [0.2, 0.25) is 0 Å². The van der Waals surface area contributed by atoms with Crippen molar-refractivity contribution in [3.63, 3.8) is 0 Å². The van der Waals surface area contributed by atoms with Gasteiger partial charge < -0.3 is 0 Å². The zero-order valence-corrected chi connectivity index (χ0v) is 5.20. The van der Waals surface area contributed by atoms with Gasteiger partial charge in [-0.1, -0.05) is 15.9 Å². The van der Waals surface area contributed by atoms with E-state index in [1.54, 1.807) is 0 Å². The first kappa shape index (κ1) is 5.97. The molecule has 0 aliphatic heterocycles. The lowest BCUT2D eigenvalue weighted by Crippen LogP contribution is -1.86. The van der Waals surface area contributed by atoms with Gasteiger partial charge in [0.25, 0.3) is 0 Å². The number of alkyl halides is 1. The van der Waals surface area contributed by atoms with Crippen LogP contribution in [0.5, 0.6) is 0 Å². The molecule has 0 aromatic rings. The van der Waals surface area contributed by atoms with E-state index in [0.717, 1.165) is 5.33 Å². The highest BCUT2D eigenvalue weighted by molar-refractivity contribution is 9.09. The van der Waals surface area contributed by atoms with Crippen LogP contribution in [0, 0.1) is 17.2 Å². The highest BCUT2D eigenvalue weighted by Gasteiger charge is 1.90. The minimum absolute atomic E-state index is 0.157. The second-order valence-corrected chi connectivity index (χ2v) is 1.83. The summed E-state index contributed by atoms with van der Waals surface area (Å²) in [7, 11) is 0. The van der Waals surface area contributed by atoms with Crippen LogP contribution in [-0.2, 0) is 0 Å². The van der Waals surface area contributed by atoms with Gasteiger partial charge in [0, 0.05) is 5.33 Å². The summed E-state index contributed by atoms with van der Waals surface area (Å²) >= 11 is 3.15. The third-order valence-corrected chi connectivity index (χ3v) is 1.42. The van der Waals surface area contributed by atoms with Gasteiger partial charge in [0.1, 0.15) is 0 Å². The van der Waals surface area contributed by atoms with Crippen LogP contribution in [0.3, 0.4) is 0 Å². The number of hydrogen-bond acceptors (Lipinski definition) is 1. The van der Waals surface area contributed by atoms with Gasteiger partial charge in [-0.05, 0) is 6.92 Å².